The minimum Gasteiger partial charge on any atom is -1.00 e. The highest BCUT2D eigenvalue weighted by Crippen LogP contribution is 2.11. The van der Waals surface area contributed by atoms with Crippen LogP contribution in [0.1, 0.15) is 16.4 Å². The van der Waals surface area contributed by atoms with Crippen LogP contribution in [0.25, 0.3) is 11.4 Å². The van der Waals surface area contributed by atoms with Gasteiger partial charge in [0.15, 0.2) is 12.3 Å². The summed E-state index contributed by atoms with van der Waals surface area (Å²) in [5.74, 6) is 0. The highest BCUT2D eigenvalue weighted by molar-refractivity contribution is 5.46. The van der Waals surface area contributed by atoms with E-state index in [1.807, 2.05) is 0 Å². The zero-order valence-corrected chi connectivity index (χ0v) is 10.8. The van der Waals surface area contributed by atoms with Crippen LogP contribution in [0, 0.1) is 0 Å². The van der Waals surface area contributed by atoms with Crippen molar-refractivity contribution in [3.63, 3.8) is 0 Å². The summed E-state index contributed by atoms with van der Waals surface area (Å²) in [5, 5.41) is 0. The molecule has 2 aromatic heterocycles. The Kier molecular flexibility index (Phi) is 1.45. The van der Waals surface area contributed by atoms with Gasteiger partial charge in [0.05, 0.1) is 8.22 Å². The van der Waals surface area contributed by atoms with E-state index in [2.05, 4.69) is 0 Å². The van der Waals surface area contributed by atoms with Crippen LogP contribution in [0.5, 0.6) is 0 Å². The molecule has 0 saturated carbocycles. The lowest BCUT2D eigenvalue weighted by atomic mass is 10.2. The van der Waals surface area contributed by atoms with Crippen molar-refractivity contribution in [2.24, 2.45) is 0 Å². The van der Waals surface area contributed by atoms with E-state index in [4.69, 9.17) is 16.4 Å². The standard InChI is InChI=1S/C12H12N2.2BrH/c1-3-7-13-9-10-14-8-4-2-6-12(14)11(13)5-1;;/h1-8H,9-10H2;2*1H/q+2;;/p-2/i1D,2D,3D,4D,5D,6D,7D,8D,9D2,10D2;;. The van der Waals surface area contributed by atoms with Gasteiger partial charge in [-0.25, -0.2) is 0 Å². The van der Waals surface area contributed by atoms with E-state index in [0.717, 1.165) is 0 Å². The van der Waals surface area contributed by atoms with Crippen LogP contribution in [0.15, 0.2) is 48.6 Å². The SMILES string of the molecule is [2H]c1c([2H])c([2H])[n+]2c(c1[2H])-c1c([2H])c([2H])c([2H])c([2H])[n+]1C([2H])([2H])C2([2H])[2H].[Br-].[Br-]. The predicted molar refractivity (Wildman–Crippen MR) is 52.3 cm³/mol. The summed E-state index contributed by atoms with van der Waals surface area (Å²) < 4.78 is 96.6. The first-order valence-electron chi connectivity index (χ1n) is 9.84. The first-order valence-corrected chi connectivity index (χ1v) is 3.84. The number of pyridine rings is 2. The van der Waals surface area contributed by atoms with Crippen molar-refractivity contribution in [1.82, 2.24) is 0 Å². The van der Waals surface area contributed by atoms with Crippen LogP contribution in [0.4, 0.5) is 0 Å². The van der Waals surface area contributed by atoms with Crippen molar-refractivity contribution in [1.29, 1.82) is 0 Å². The number of nitrogens with zero attached hydrogens (tertiary/aromatic N) is 2. The molecule has 1 aliphatic rings. The fraction of sp³-hybridized carbons (Fsp3) is 0.167. The van der Waals surface area contributed by atoms with E-state index in [1.54, 1.807) is 0 Å². The molecule has 0 radical (unpaired) electrons. The maximum absolute atomic E-state index is 8.17. The van der Waals surface area contributed by atoms with Gasteiger partial charge in [0, 0.05) is 24.2 Å². The molecule has 84 valence electrons. The molecule has 0 amide bonds. The van der Waals surface area contributed by atoms with Gasteiger partial charge in [0.25, 0.3) is 11.4 Å². The summed E-state index contributed by atoms with van der Waals surface area (Å²) >= 11 is 0. The number of rotatable bonds is 0. The maximum atomic E-state index is 8.17. The zero-order chi connectivity index (χ0) is 19.9. The topological polar surface area (TPSA) is 7.76 Å². The quantitative estimate of drug-likeness (QED) is 0.418. The predicted octanol–water partition coefficient (Wildman–Crippen LogP) is -5.05. The zero-order valence-electron chi connectivity index (χ0n) is 19.7. The minimum absolute atomic E-state index is 0. The van der Waals surface area contributed by atoms with Gasteiger partial charge in [-0.3, -0.25) is 0 Å². The summed E-state index contributed by atoms with van der Waals surface area (Å²) in [5.41, 5.74) is -1.11. The maximum Gasteiger partial charge on any atom is 0.277 e. The van der Waals surface area contributed by atoms with Gasteiger partial charge in [-0.05, 0) is 12.1 Å². The third-order valence-electron chi connectivity index (χ3n) is 1.77. The summed E-state index contributed by atoms with van der Waals surface area (Å²) in [6.07, 6.45) is -1.73. The molecular formula is C12H12Br2N2. The molecular weight excluding hydrogens is 332 g/mol. The van der Waals surface area contributed by atoms with Crippen LogP contribution < -0.4 is 43.1 Å². The van der Waals surface area contributed by atoms with Crippen LogP contribution >= 0.6 is 0 Å². The lowest BCUT2D eigenvalue weighted by molar-refractivity contribution is -0.794. The fourth-order valence-corrected chi connectivity index (χ4v) is 1.17. The summed E-state index contributed by atoms with van der Waals surface area (Å²) in [6, 6.07) is -4.48. The van der Waals surface area contributed by atoms with Gasteiger partial charge in [0.1, 0.15) is 8.22 Å². The fourth-order valence-electron chi connectivity index (χ4n) is 1.17. The average Bonchev–Trinajstić information content (AvgIpc) is 2.56. The normalized spacial score (nSPS) is 28.5. The molecule has 0 fully saturated rings. The molecule has 0 aromatic carbocycles. The Morgan fingerprint density at radius 2 is 1.31 bits per heavy atom. The molecule has 0 spiro atoms. The highest BCUT2D eigenvalue weighted by Gasteiger charge is 2.27. The Bertz CT molecular complexity index is 915. The van der Waals surface area contributed by atoms with E-state index in [9.17, 15) is 0 Å². The third kappa shape index (κ3) is 2.18. The van der Waals surface area contributed by atoms with Crippen molar-refractivity contribution in [2.75, 3.05) is 0 Å². The van der Waals surface area contributed by atoms with Gasteiger partial charge < -0.3 is 34.0 Å². The Hall–Kier alpha value is -0.740. The van der Waals surface area contributed by atoms with Gasteiger partial charge >= 0.3 is 0 Å². The Labute approximate surface area is 133 Å². The van der Waals surface area contributed by atoms with Crippen molar-refractivity contribution in [3.8, 4) is 11.4 Å². The van der Waals surface area contributed by atoms with Crippen LogP contribution in [-0.2, 0) is 13.0 Å². The molecule has 2 aromatic rings. The molecule has 4 heteroatoms. The minimum atomic E-state index is -3.06. The van der Waals surface area contributed by atoms with Gasteiger partial charge in [-0.1, -0.05) is 0 Å². The average molecular weight is 356 g/mol. The smallest absolute Gasteiger partial charge is 0.277 e. The molecule has 2 nitrogen and oxygen atoms in total. The van der Waals surface area contributed by atoms with Crippen molar-refractivity contribution >= 4 is 0 Å². The van der Waals surface area contributed by atoms with Crippen LogP contribution in [-0.4, -0.2) is 0 Å². The number of fused-ring (bicyclic) bond motifs is 3. The van der Waals surface area contributed by atoms with Gasteiger partial charge in [-0.15, -0.1) is 0 Å². The van der Waals surface area contributed by atoms with E-state index < -0.39 is 73.0 Å². The van der Waals surface area contributed by atoms with Crippen molar-refractivity contribution in [3.05, 3.63) is 48.6 Å². The Balaban J connectivity index is 0.00000196. The van der Waals surface area contributed by atoms with Crippen molar-refractivity contribution in [2.45, 2.75) is 13.0 Å². The molecule has 0 atom stereocenters. The first kappa shape index (κ1) is 4.18. The van der Waals surface area contributed by atoms with Gasteiger partial charge in [-0.2, -0.15) is 9.13 Å². The van der Waals surface area contributed by atoms with Crippen LogP contribution in [0.3, 0.4) is 0 Å². The van der Waals surface area contributed by atoms with Gasteiger partial charge in [0.2, 0.25) is 13.0 Å². The number of hydrogen-bond acceptors (Lipinski definition) is 0. The second kappa shape index (κ2) is 5.55. The molecule has 3 heterocycles. The molecule has 1 aliphatic heterocycles. The lowest BCUT2D eigenvalue weighted by Crippen LogP contribution is -3.00. The molecule has 0 bridgehead atoms. The molecule has 16 heavy (non-hydrogen) atoms. The third-order valence-corrected chi connectivity index (χ3v) is 1.77. The number of halogens is 2. The number of aromatic nitrogens is 2. The van der Waals surface area contributed by atoms with E-state index in [0.29, 0.717) is 9.13 Å². The largest absolute Gasteiger partial charge is 1.00 e. The van der Waals surface area contributed by atoms with E-state index in [-0.39, 0.29) is 34.0 Å². The summed E-state index contributed by atoms with van der Waals surface area (Å²) in [7, 11) is 0. The Morgan fingerprint density at radius 1 is 0.875 bits per heavy atom. The monoisotopic (exact) mass is 354 g/mol. The molecule has 0 unspecified atom stereocenters. The lowest BCUT2D eigenvalue weighted by Gasteiger charge is -2.08. The summed E-state index contributed by atoms with van der Waals surface area (Å²) in [4.78, 5) is 0. The highest BCUT2D eigenvalue weighted by atomic mass is 79.9. The summed E-state index contributed by atoms with van der Waals surface area (Å²) in [6.45, 7) is -6.12. The molecule has 0 N–H and O–H groups in total. The first-order chi connectivity index (χ1) is 11.8. The molecule has 0 saturated heterocycles. The van der Waals surface area contributed by atoms with Crippen molar-refractivity contribution < 1.29 is 59.5 Å². The Morgan fingerprint density at radius 3 is 1.75 bits per heavy atom. The van der Waals surface area contributed by atoms with E-state index in [1.165, 1.54) is 0 Å². The molecule has 3 rings (SSSR count). The second-order valence-corrected chi connectivity index (χ2v) is 2.57. The second-order valence-electron chi connectivity index (χ2n) is 2.57. The van der Waals surface area contributed by atoms with E-state index >= 15 is 0 Å². The molecule has 0 aliphatic carbocycles. The van der Waals surface area contributed by atoms with Crippen LogP contribution in [0.2, 0.25) is 0 Å². The number of hydrogen-bond donors (Lipinski definition) is 0.